The minimum atomic E-state index is -3.72. The van der Waals surface area contributed by atoms with Gasteiger partial charge in [0.15, 0.2) is 0 Å². The Morgan fingerprint density at radius 1 is 1.12 bits per heavy atom. The molecule has 1 heterocycles. The van der Waals surface area contributed by atoms with Crippen molar-refractivity contribution in [3.8, 4) is 0 Å². The average Bonchev–Trinajstić information content (AvgIpc) is 3.18. The van der Waals surface area contributed by atoms with E-state index in [9.17, 15) is 18.0 Å². The van der Waals surface area contributed by atoms with Crippen LogP contribution in [0.3, 0.4) is 0 Å². The normalized spacial score (nSPS) is 18.3. The van der Waals surface area contributed by atoms with Crippen LogP contribution in [0.15, 0.2) is 48.5 Å². The molecule has 2 amide bonds. The number of rotatable bonds is 9. The first-order valence-electron chi connectivity index (χ1n) is 10.5. The number of halogens is 1. The number of carbonyl (C=O) groups is 2. The van der Waals surface area contributed by atoms with Gasteiger partial charge >= 0.3 is 0 Å². The summed E-state index contributed by atoms with van der Waals surface area (Å²) in [5, 5.41) is 3.34. The molecule has 3 rings (SSSR count). The summed E-state index contributed by atoms with van der Waals surface area (Å²) < 4.78 is 27.0. The Morgan fingerprint density at radius 2 is 1.85 bits per heavy atom. The van der Waals surface area contributed by atoms with Crippen LogP contribution in [0.5, 0.6) is 0 Å². The van der Waals surface area contributed by atoms with E-state index in [1.165, 1.54) is 4.90 Å². The highest BCUT2D eigenvalue weighted by Gasteiger charge is 2.38. The summed E-state index contributed by atoms with van der Waals surface area (Å²) in [6.07, 6.45) is 0.285. The number of hydrogen-bond donors (Lipinski definition) is 4. The molecule has 11 heteroatoms. The fourth-order valence-corrected chi connectivity index (χ4v) is 5.04. The highest BCUT2D eigenvalue weighted by molar-refractivity contribution is 7.88. The molecule has 2 aromatic carbocycles. The second kappa shape index (κ2) is 11.1. The topological polar surface area (TPSA) is 148 Å². The Hall–Kier alpha value is -2.50. The maximum absolute atomic E-state index is 12.8. The quantitative estimate of drug-likeness (QED) is 0.399. The van der Waals surface area contributed by atoms with Crippen LogP contribution in [0.2, 0.25) is 5.02 Å². The largest absolute Gasteiger partial charge is 0.350 e. The summed E-state index contributed by atoms with van der Waals surface area (Å²) in [7, 11) is -3.72. The molecule has 1 fully saturated rings. The third-order valence-electron chi connectivity index (χ3n) is 5.44. The zero-order valence-electron chi connectivity index (χ0n) is 18.0. The van der Waals surface area contributed by atoms with Crippen molar-refractivity contribution >= 4 is 33.4 Å². The minimum absolute atomic E-state index is 0.169. The molecule has 33 heavy (non-hydrogen) atoms. The third kappa shape index (κ3) is 6.99. The lowest BCUT2D eigenvalue weighted by Crippen LogP contribution is -2.49. The number of hydrogen-bond acceptors (Lipinski definition) is 6. The van der Waals surface area contributed by atoms with Crippen molar-refractivity contribution in [2.75, 3.05) is 13.1 Å². The minimum Gasteiger partial charge on any atom is -0.350 e. The Labute approximate surface area is 198 Å². The zero-order chi connectivity index (χ0) is 24.0. The van der Waals surface area contributed by atoms with Gasteiger partial charge in [-0.05, 0) is 35.2 Å². The van der Waals surface area contributed by atoms with E-state index in [4.69, 9.17) is 23.1 Å². The van der Waals surface area contributed by atoms with Gasteiger partial charge in [-0.25, -0.2) is 13.1 Å². The van der Waals surface area contributed by atoms with E-state index in [0.29, 0.717) is 17.1 Å². The highest BCUT2D eigenvalue weighted by atomic mass is 35.5. The van der Waals surface area contributed by atoms with Gasteiger partial charge < -0.3 is 21.7 Å². The molecule has 2 atom stereocenters. The Bertz CT molecular complexity index is 1100. The Kier molecular flexibility index (Phi) is 8.44. The fourth-order valence-electron chi connectivity index (χ4n) is 3.77. The summed E-state index contributed by atoms with van der Waals surface area (Å²) >= 11 is 6.04. The Balaban J connectivity index is 1.59. The number of likely N-dealkylation sites (tertiary alicyclic amines) is 1. The van der Waals surface area contributed by atoms with Crippen LogP contribution < -0.4 is 21.5 Å². The molecule has 0 saturated carbocycles. The van der Waals surface area contributed by atoms with E-state index in [0.717, 1.165) is 11.1 Å². The number of carbonyl (C=O) groups excluding carboxylic acids is 2. The molecule has 0 radical (unpaired) electrons. The first-order valence-corrected chi connectivity index (χ1v) is 12.5. The van der Waals surface area contributed by atoms with Crippen molar-refractivity contribution < 1.29 is 18.0 Å². The van der Waals surface area contributed by atoms with Gasteiger partial charge in [0.1, 0.15) is 6.04 Å². The average molecular weight is 494 g/mol. The molecule has 1 saturated heterocycles. The first kappa shape index (κ1) is 25.1. The predicted octanol–water partition coefficient (Wildman–Crippen LogP) is 0.463. The molecule has 178 valence electrons. The summed E-state index contributed by atoms with van der Waals surface area (Å²) in [5.41, 5.74) is 14.0. The van der Waals surface area contributed by atoms with Crippen LogP contribution in [0, 0.1) is 0 Å². The number of nitrogens with two attached hydrogens (primary N) is 2. The van der Waals surface area contributed by atoms with E-state index in [1.807, 2.05) is 0 Å². The van der Waals surface area contributed by atoms with Gasteiger partial charge in [0.2, 0.25) is 21.8 Å². The predicted molar refractivity (Wildman–Crippen MR) is 126 cm³/mol. The van der Waals surface area contributed by atoms with E-state index in [2.05, 4.69) is 10.0 Å². The maximum Gasteiger partial charge on any atom is 0.243 e. The van der Waals surface area contributed by atoms with Crippen molar-refractivity contribution in [1.82, 2.24) is 14.9 Å². The van der Waals surface area contributed by atoms with Gasteiger partial charge in [0.25, 0.3) is 0 Å². The molecule has 1 aliphatic heterocycles. The highest BCUT2D eigenvalue weighted by Crippen LogP contribution is 2.19. The summed E-state index contributed by atoms with van der Waals surface area (Å²) in [4.78, 5) is 26.9. The number of nitrogens with zero attached hydrogens (tertiary/aromatic N) is 1. The van der Waals surface area contributed by atoms with E-state index >= 15 is 0 Å². The van der Waals surface area contributed by atoms with Crippen molar-refractivity contribution in [2.24, 2.45) is 11.5 Å². The van der Waals surface area contributed by atoms with Gasteiger partial charge in [-0.15, -0.1) is 0 Å². The molecule has 0 bridgehead atoms. The van der Waals surface area contributed by atoms with Crippen molar-refractivity contribution in [3.05, 3.63) is 70.2 Å². The lowest BCUT2D eigenvalue weighted by atomic mass is 10.1. The summed E-state index contributed by atoms with van der Waals surface area (Å²) in [6, 6.07) is 12.7. The molecule has 0 aromatic heterocycles. The number of amides is 2. The summed E-state index contributed by atoms with van der Waals surface area (Å²) in [6.45, 7) is 0.216. The molecule has 2 aromatic rings. The van der Waals surface area contributed by atoms with Crippen molar-refractivity contribution in [3.63, 3.8) is 0 Å². The summed E-state index contributed by atoms with van der Waals surface area (Å²) in [5.74, 6) is -1.12. The van der Waals surface area contributed by atoms with E-state index < -0.39 is 28.5 Å². The van der Waals surface area contributed by atoms with Crippen LogP contribution in [0.25, 0.3) is 0 Å². The van der Waals surface area contributed by atoms with Crippen LogP contribution in [-0.2, 0) is 38.5 Å². The molecular weight excluding hydrogens is 466 g/mol. The lowest BCUT2D eigenvalue weighted by Gasteiger charge is -2.24. The monoisotopic (exact) mass is 493 g/mol. The van der Waals surface area contributed by atoms with Gasteiger partial charge in [-0.2, -0.15) is 0 Å². The standard InChI is InChI=1S/C22H28ClN5O4S/c23-18-7-6-16(10-24)17(8-18)11-26-22(30)20-9-19(25)13-28(20)21(29)12-27-33(31,32)14-15-4-2-1-3-5-15/h1-8,19-20,27H,9-14,24-25H2,(H,26,30)/t19-,20-/m0/s1. The van der Waals surface area contributed by atoms with Crippen LogP contribution >= 0.6 is 11.6 Å². The second-order valence-electron chi connectivity index (χ2n) is 7.96. The van der Waals surface area contributed by atoms with E-state index in [1.54, 1.807) is 48.5 Å². The third-order valence-corrected chi connectivity index (χ3v) is 6.97. The van der Waals surface area contributed by atoms with Gasteiger partial charge in [0.05, 0.1) is 12.3 Å². The molecule has 6 N–H and O–H groups in total. The van der Waals surface area contributed by atoms with Crippen molar-refractivity contribution in [1.29, 1.82) is 0 Å². The van der Waals surface area contributed by atoms with Gasteiger partial charge in [-0.3, -0.25) is 9.59 Å². The first-order chi connectivity index (χ1) is 15.7. The molecule has 0 unspecified atom stereocenters. The van der Waals surface area contributed by atoms with Crippen LogP contribution in [0.4, 0.5) is 0 Å². The molecule has 0 spiro atoms. The second-order valence-corrected chi connectivity index (χ2v) is 10.2. The molecule has 1 aliphatic rings. The number of benzene rings is 2. The van der Waals surface area contributed by atoms with Crippen molar-refractivity contribution in [2.45, 2.75) is 37.3 Å². The SMILES string of the molecule is NCc1ccc(Cl)cc1CNC(=O)[C@@H]1C[C@H](N)CN1C(=O)CNS(=O)(=O)Cc1ccccc1. The van der Waals surface area contributed by atoms with Crippen LogP contribution in [0.1, 0.15) is 23.1 Å². The fraction of sp³-hybridized carbons (Fsp3) is 0.364. The van der Waals surface area contributed by atoms with Gasteiger partial charge in [0, 0.05) is 30.7 Å². The number of nitrogens with one attached hydrogen (secondary N) is 2. The zero-order valence-corrected chi connectivity index (χ0v) is 19.6. The maximum atomic E-state index is 12.8. The smallest absolute Gasteiger partial charge is 0.243 e. The van der Waals surface area contributed by atoms with Crippen LogP contribution in [-0.4, -0.2) is 50.3 Å². The number of sulfonamides is 1. The van der Waals surface area contributed by atoms with Gasteiger partial charge in [-0.1, -0.05) is 48.0 Å². The molecule has 0 aliphatic carbocycles. The molecule has 9 nitrogen and oxygen atoms in total. The molecular formula is C22H28ClN5O4S. The Morgan fingerprint density at radius 3 is 2.55 bits per heavy atom. The van der Waals surface area contributed by atoms with E-state index in [-0.39, 0.29) is 37.2 Å². The lowest BCUT2D eigenvalue weighted by molar-refractivity contribution is -0.137.